The molecule has 7 nitrogen and oxygen atoms in total. The van der Waals surface area contributed by atoms with E-state index in [4.69, 9.17) is 28.2 Å². The molecule has 0 unspecified atom stereocenters. The number of aromatic nitrogens is 2. The summed E-state index contributed by atoms with van der Waals surface area (Å²) in [5, 5.41) is 6.40. The molecule has 220 valence electrons. The molecule has 10 heteroatoms. The third-order valence-electron chi connectivity index (χ3n) is 10.1. The Hall–Kier alpha value is -3.46. The van der Waals surface area contributed by atoms with Gasteiger partial charge in [-0.3, -0.25) is 14.5 Å². The summed E-state index contributed by atoms with van der Waals surface area (Å²) in [4.78, 5) is 34.3. The van der Waals surface area contributed by atoms with Crippen LogP contribution >= 0.6 is 23.2 Å². The Morgan fingerprint density at radius 3 is 2.77 bits per heavy atom. The van der Waals surface area contributed by atoms with Gasteiger partial charge < -0.3 is 15.2 Å². The highest BCUT2D eigenvalue weighted by Crippen LogP contribution is 2.62. The number of hydrogen-bond donors (Lipinski definition) is 2. The molecule has 1 aromatic heterocycles. The number of carbonyl (C=O) groups excluding carboxylic acids is 2. The number of halogens is 3. The van der Waals surface area contributed by atoms with Crippen LogP contribution in [0, 0.1) is 17.7 Å². The van der Waals surface area contributed by atoms with Crippen LogP contribution in [0.25, 0.3) is 11.0 Å². The second-order valence-electron chi connectivity index (χ2n) is 12.3. The van der Waals surface area contributed by atoms with Gasteiger partial charge in [0.25, 0.3) is 5.91 Å². The summed E-state index contributed by atoms with van der Waals surface area (Å²) in [6, 6.07) is 16.3. The van der Waals surface area contributed by atoms with Gasteiger partial charge in [-0.2, -0.15) is 0 Å². The van der Waals surface area contributed by atoms with Crippen LogP contribution in [0.15, 0.2) is 54.6 Å². The monoisotopic (exact) mass is 617 g/mol. The molecule has 0 radical (unpaired) electrons. The first-order chi connectivity index (χ1) is 20.8. The first-order valence-electron chi connectivity index (χ1n) is 14.8. The summed E-state index contributed by atoms with van der Waals surface area (Å²) in [6.45, 7) is 1.46. The van der Waals surface area contributed by atoms with Gasteiger partial charge in [-0.1, -0.05) is 41.4 Å². The van der Waals surface area contributed by atoms with Crippen LogP contribution in [0.3, 0.4) is 0 Å². The second-order valence-corrected chi connectivity index (χ2v) is 13.2. The van der Waals surface area contributed by atoms with E-state index in [1.165, 1.54) is 0 Å². The lowest BCUT2D eigenvalue weighted by Crippen LogP contribution is -2.52. The molecule has 3 aliphatic heterocycles. The van der Waals surface area contributed by atoms with Crippen molar-refractivity contribution in [3.8, 4) is 0 Å². The van der Waals surface area contributed by atoms with Gasteiger partial charge in [-0.25, -0.2) is 9.37 Å². The van der Waals surface area contributed by atoms with Crippen LogP contribution in [0.2, 0.25) is 10.0 Å². The number of rotatable bonds is 4. The Labute approximate surface area is 258 Å². The fourth-order valence-corrected chi connectivity index (χ4v) is 8.48. The molecule has 1 saturated heterocycles. The van der Waals surface area contributed by atoms with Crippen molar-refractivity contribution in [2.24, 2.45) is 11.8 Å². The van der Waals surface area contributed by atoms with E-state index in [2.05, 4.69) is 20.1 Å². The maximum Gasteiger partial charge on any atom is 0.251 e. The van der Waals surface area contributed by atoms with Gasteiger partial charge in [-0.05, 0) is 73.1 Å². The lowest BCUT2D eigenvalue weighted by atomic mass is 9.70. The normalized spacial score (nSPS) is 26.2. The zero-order chi connectivity index (χ0) is 29.6. The first kappa shape index (κ1) is 27.1. The molecule has 1 spiro atoms. The minimum atomic E-state index is -1.12. The molecule has 4 aliphatic rings. The third kappa shape index (κ3) is 3.92. The minimum Gasteiger partial charge on any atom is -0.355 e. The van der Waals surface area contributed by atoms with Crippen molar-refractivity contribution >= 4 is 51.7 Å². The van der Waals surface area contributed by atoms with Gasteiger partial charge in [-0.15, -0.1) is 0 Å². The van der Waals surface area contributed by atoms with E-state index in [9.17, 15) is 9.59 Å². The molecule has 2 amide bonds. The Kier molecular flexibility index (Phi) is 6.16. The molecule has 0 bridgehead atoms. The highest BCUT2D eigenvalue weighted by Gasteiger charge is 2.67. The largest absolute Gasteiger partial charge is 0.355 e. The Balaban J connectivity index is 1.34. The quantitative estimate of drug-likeness (QED) is 0.289. The van der Waals surface area contributed by atoms with Crippen molar-refractivity contribution in [1.29, 1.82) is 0 Å². The van der Waals surface area contributed by atoms with Crippen molar-refractivity contribution in [2.75, 3.05) is 18.9 Å². The average molecular weight is 619 g/mol. The molecule has 3 aromatic carbocycles. The van der Waals surface area contributed by atoms with Crippen LogP contribution in [-0.4, -0.2) is 45.9 Å². The number of likely N-dealkylation sites (tertiary alicyclic amines) is 1. The summed E-state index contributed by atoms with van der Waals surface area (Å²) in [5.74, 6) is -0.0757. The molecular formula is C33H30Cl2FN5O2. The lowest BCUT2D eigenvalue weighted by molar-refractivity contribution is -0.128. The summed E-state index contributed by atoms with van der Waals surface area (Å²) in [6.07, 6.45) is 3.55. The number of anilines is 1. The molecule has 4 aromatic rings. The van der Waals surface area contributed by atoms with Crippen molar-refractivity contribution in [3.05, 3.63) is 93.0 Å². The minimum absolute atomic E-state index is 0.00162. The summed E-state index contributed by atoms with van der Waals surface area (Å²) in [5.41, 5.74) is 3.11. The van der Waals surface area contributed by atoms with Crippen molar-refractivity contribution in [3.63, 3.8) is 0 Å². The predicted molar refractivity (Wildman–Crippen MR) is 164 cm³/mol. The molecule has 1 saturated carbocycles. The zero-order valence-electron chi connectivity index (χ0n) is 23.5. The molecule has 4 atom stereocenters. The van der Waals surface area contributed by atoms with Gasteiger partial charge in [0.15, 0.2) is 0 Å². The average Bonchev–Trinajstić information content (AvgIpc) is 3.66. The molecule has 1 aliphatic carbocycles. The van der Waals surface area contributed by atoms with Gasteiger partial charge >= 0.3 is 0 Å². The number of hydrogen-bond acceptors (Lipinski definition) is 4. The predicted octanol–water partition coefficient (Wildman–Crippen LogP) is 6.13. The number of imidazole rings is 1. The number of nitrogens with zero attached hydrogens (tertiary/aromatic N) is 3. The molecule has 2 fully saturated rings. The lowest BCUT2D eigenvalue weighted by Gasteiger charge is -2.40. The van der Waals surface area contributed by atoms with Crippen molar-refractivity contribution < 1.29 is 14.0 Å². The van der Waals surface area contributed by atoms with E-state index in [0.29, 0.717) is 40.7 Å². The number of amides is 2. The molecular weight excluding hydrogens is 588 g/mol. The number of carbonyl (C=O) groups is 2. The molecule has 2 N–H and O–H groups in total. The van der Waals surface area contributed by atoms with Gasteiger partial charge in [0.1, 0.15) is 17.2 Å². The van der Waals surface area contributed by atoms with Crippen molar-refractivity contribution in [1.82, 2.24) is 19.8 Å². The van der Waals surface area contributed by atoms with E-state index in [0.717, 1.165) is 48.2 Å². The van der Waals surface area contributed by atoms with Crippen LogP contribution in [0.5, 0.6) is 0 Å². The van der Waals surface area contributed by atoms with Crippen LogP contribution < -0.4 is 10.6 Å². The fourth-order valence-electron chi connectivity index (χ4n) is 8.13. The van der Waals surface area contributed by atoms with E-state index in [1.54, 1.807) is 31.3 Å². The number of benzene rings is 3. The number of fused-ring (bicyclic) bond motifs is 6. The van der Waals surface area contributed by atoms with Crippen LogP contribution in [0.4, 0.5) is 10.1 Å². The van der Waals surface area contributed by atoms with E-state index >= 15 is 4.39 Å². The summed E-state index contributed by atoms with van der Waals surface area (Å²) in [7, 11) is 1.61. The Morgan fingerprint density at radius 1 is 1.14 bits per heavy atom. The summed E-state index contributed by atoms with van der Waals surface area (Å²) < 4.78 is 18.4. The molecule has 43 heavy (non-hydrogen) atoms. The maximum atomic E-state index is 16.2. The van der Waals surface area contributed by atoms with Gasteiger partial charge in [0.05, 0.1) is 16.1 Å². The first-order valence-corrected chi connectivity index (χ1v) is 15.6. The van der Waals surface area contributed by atoms with Gasteiger partial charge in [0, 0.05) is 60.4 Å². The summed E-state index contributed by atoms with van der Waals surface area (Å²) >= 11 is 12.8. The van der Waals surface area contributed by atoms with Crippen LogP contribution in [0.1, 0.15) is 52.5 Å². The standard InChI is InChI=1S/C33H30Cl2FN5O2/c1-37-31(42)18-7-10-27-25(13-18)38-28-15-21-26(11-12-40(27)28)41(16-17-5-6-17)33(29(21)20-3-2-4-23(35)30(20)36)22-9-8-19(34)14-24(22)39-32(33)43/h2-4,7-10,13-14,17,21,26,29H,5-6,11-12,15-16H2,1H3,(H,37,42)(H,39,43)/t21-,26+,29+,33-/m1/s1. The third-order valence-corrected chi connectivity index (χ3v) is 10.6. The maximum absolute atomic E-state index is 16.2. The molecule has 4 heterocycles. The second kappa shape index (κ2) is 9.78. The number of aryl methyl sites for hydroxylation is 1. The Bertz CT molecular complexity index is 1840. The van der Waals surface area contributed by atoms with Crippen LogP contribution in [-0.2, 0) is 23.3 Å². The zero-order valence-corrected chi connectivity index (χ0v) is 25.1. The highest BCUT2D eigenvalue weighted by molar-refractivity contribution is 6.31. The van der Waals surface area contributed by atoms with E-state index in [-0.39, 0.29) is 28.8 Å². The van der Waals surface area contributed by atoms with Gasteiger partial charge in [0.2, 0.25) is 5.91 Å². The smallest absolute Gasteiger partial charge is 0.251 e. The topological polar surface area (TPSA) is 79.3 Å². The highest BCUT2D eigenvalue weighted by atomic mass is 35.5. The van der Waals surface area contributed by atoms with E-state index in [1.807, 2.05) is 30.3 Å². The van der Waals surface area contributed by atoms with Crippen molar-refractivity contribution in [2.45, 2.75) is 49.7 Å². The fraction of sp³-hybridized carbons (Fsp3) is 0.364. The SMILES string of the molecule is CNC(=O)c1ccc2c(c1)nc1n2CC[C@H]2[C@@H](C1)[C@H](c1cccc(Cl)c1F)[C@]1(C(=O)Nc3cc(Cl)ccc31)N2CC1CC1. The van der Waals surface area contributed by atoms with E-state index < -0.39 is 17.3 Å². The Morgan fingerprint density at radius 2 is 1.98 bits per heavy atom. The molecule has 8 rings (SSSR count). The number of nitrogens with one attached hydrogen (secondary N) is 2.